The summed E-state index contributed by atoms with van der Waals surface area (Å²) < 4.78 is 11.1. The number of aliphatic carboxylic acids is 1. The minimum atomic E-state index is -1.09. The number of aryl methyl sites for hydroxylation is 3. The Morgan fingerprint density at radius 3 is 2.50 bits per heavy atom. The van der Waals surface area contributed by atoms with Gasteiger partial charge in [0, 0.05) is 16.3 Å². The van der Waals surface area contributed by atoms with Gasteiger partial charge in [-0.15, -0.1) is 0 Å². The molecular weight excluding hydrogens is 362 g/mol. The predicted molar refractivity (Wildman–Crippen MR) is 105 cm³/mol. The summed E-state index contributed by atoms with van der Waals surface area (Å²) in [6, 6.07) is 0.925. The Hall–Kier alpha value is -3.09. The second-order valence-corrected chi connectivity index (χ2v) is 7.09. The van der Waals surface area contributed by atoms with Crippen LogP contribution in [-0.2, 0) is 16.0 Å². The number of hydrogen-bond acceptors (Lipinski definition) is 5. The van der Waals surface area contributed by atoms with Gasteiger partial charge in [0.15, 0.2) is 0 Å². The van der Waals surface area contributed by atoms with Crippen LogP contribution in [0.4, 0.5) is 0 Å². The van der Waals surface area contributed by atoms with Gasteiger partial charge in [0.1, 0.15) is 17.2 Å². The van der Waals surface area contributed by atoms with Crippen LogP contribution < -0.4 is 10.9 Å². The van der Waals surface area contributed by atoms with Gasteiger partial charge < -0.3 is 19.3 Å². The van der Waals surface area contributed by atoms with E-state index >= 15 is 0 Å². The molecule has 0 aliphatic rings. The quantitative estimate of drug-likeness (QED) is 0.630. The molecule has 1 atom stereocenters. The predicted octanol–water partition coefficient (Wildman–Crippen LogP) is 3.38. The highest BCUT2D eigenvalue weighted by atomic mass is 16.4. The third kappa shape index (κ3) is 3.40. The first-order valence-electron chi connectivity index (χ1n) is 9.20. The summed E-state index contributed by atoms with van der Waals surface area (Å²) in [5.41, 5.74) is 3.07. The van der Waals surface area contributed by atoms with Gasteiger partial charge in [0.2, 0.25) is 5.91 Å². The molecule has 1 amide bonds. The highest BCUT2D eigenvalue weighted by Gasteiger charge is 2.22. The fourth-order valence-electron chi connectivity index (χ4n) is 3.47. The van der Waals surface area contributed by atoms with Gasteiger partial charge >= 0.3 is 11.6 Å². The maximum absolute atomic E-state index is 12.5. The zero-order chi connectivity index (χ0) is 20.6. The fraction of sp³-hybridized carbons (Fsp3) is 0.381. The van der Waals surface area contributed by atoms with Crippen molar-refractivity contribution in [1.29, 1.82) is 0 Å². The molecule has 7 nitrogen and oxygen atoms in total. The normalized spacial score (nSPS) is 12.4. The molecular formula is C21H23NO6. The maximum atomic E-state index is 12.5. The van der Waals surface area contributed by atoms with Crippen molar-refractivity contribution < 1.29 is 23.5 Å². The number of fused-ring (bicyclic) bond motifs is 2. The summed E-state index contributed by atoms with van der Waals surface area (Å²) in [5, 5.41) is 13.3. The first-order chi connectivity index (χ1) is 13.2. The van der Waals surface area contributed by atoms with E-state index in [1.807, 2.05) is 26.8 Å². The summed E-state index contributed by atoms with van der Waals surface area (Å²) in [4.78, 5) is 36.2. The molecule has 0 saturated carbocycles. The molecule has 0 saturated heterocycles. The van der Waals surface area contributed by atoms with E-state index in [9.17, 15) is 19.5 Å². The fourth-order valence-corrected chi connectivity index (χ4v) is 3.47. The van der Waals surface area contributed by atoms with Gasteiger partial charge in [0.25, 0.3) is 0 Å². The van der Waals surface area contributed by atoms with Crippen LogP contribution in [-0.4, -0.2) is 23.0 Å². The van der Waals surface area contributed by atoms with Crippen molar-refractivity contribution in [2.75, 3.05) is 0 Å². The minimum absolute atomic E-state index is 0.227. The molecule has 0 bridgehead atoms. The van der Waals surface area contributed by atoms with Crippen molar-refractivity contribution in [2.24, 2.45) is 0 Å². The molecule has 0 spiro atoms. The Kier molecular flexibility index (Phi) is 5.27. The Labute approximate surface area is 161 Å². The van der Waals surface area contributed by atoms with Crippen LogP contribution in [0.1, 0.15) is 42.0 Å². The molecule has 0 radical (unpaired) electrons. The molecule has 28 heavy (non-hydrogen) atoms. The molecule has 0 aliphatic heterocycles. The number of carboxylic acids is 1. The lowest BCUT2D eigenvalue weighted by atomic mass is 9.99. The topological polar surface area (TPSA) is 110 Å². The smallest absolute Gasteiger partial charge is 0.340 e. The zero-order valence-corrected chi connectivity index (χ0v) is 16.3. The van der Waals surface area contributed by atoms with Crippen LogP contribution in [0, 0.1) is 20.8 Å². The SMILES string of the molecule is CCCC(NC(=O)Cc1c(C)c2cc3c(C)coc3c(C)c2oc1=O)C(=O)O. The Morgan fingerprint density at radius 1 is 1.14 bits per heavy atom. The summed E-state index contributed by atoms with van der Waals surface area (Å²) in [6.07, 6.45) is 2.36. The lowest BCUT2D eigenvalue weighted by molar-refractivity contribution is -0.141. The van der Waals surface area contributed by atoms with Crippen molar-refractivity contribution >= 4 is 33.8 Å². The van der Waals surface area contributed by atoms with Crippen molar-refractivity contribution in [3.63, 3.8) is 0 Å². The van der Waals surface area contributed by atoms with Crippen LogP contribution in [0.25, 0.3) is 21.9 Å². The van der Waals surface area contributed by atoms with Gasteiger partial charge in [-0.2, -0.15) is 0 Å². The van der Waals surface area contributed by atoms with Crippen molar-refractivity contribution in [3.8, 4) is 0 Å². The molecule has 3 aromatic rings. The molecule has 148 valence electrons. The average molecular weight is 385 g/mol. The van der Waals surface area contributed by atoms with Crippen LogP contribution in [0.15, 0.2) is 26.0 Å². The van der Waals surface area contributed by atoms with Crippen LogP contribution in [0.5, 0.6) is 0 Å². The monoisotopic (exact) mass is 385 g/mol. The van der Waals surface area contributed by atoms with Crippen LogP contribution >= 0.6 is 0 Å². The number of rotatable bonds is 6. The standard InChI is InChI=1S/C21H23NO6/c1-5-6-16(20(24)25)22-17(23)8-15-11(3)14-7-13-10(2)9-27-18(13)12(4)19(14)28-21(15)26/h7,9,16H,5-6,8H2,1-4H3,(H,22,23)(H,24,25). The maximum Gasteiger partial charge on any atom is 0.340 e. The first kappa shape index (κ1) is 19.7. The molecule has 2 N–H and O–H groups in total. The van der Waals surface area contributed by atoms with Gasteiger partial charge in [-0.05, 0) is 44.4 Å². The van der Waals surface area contributed by atoms with Gasteiger partial charge in [-0.1, -0.05) is 13.3 Å². The first-order valence-corrected chi connectivity index (χ1v) is 9.20. The van der Waals surface area contributed by atoms with Crippen molar-refractivity contribution in [1.82, 2.24) is 5.32 Å². The molecule has 1 aromatic carbocycles. The molecule has 0 fully saturated rings. The van der Waals surface area contributed by atoms with Crippen molar-refractivity contribution in [2.45, 2.75) is 53.0 Å². The third-order valence-electron chi connectivity index (χ3n) is 5.08. The molecule has 0 aliphatic carbocycles. The van der Waals surface area contributed by atoms with E-state index in [4.69, 9.17) is 8.83 Å². The van der Waals surface area contributed by atoms with E-state index in [0.717, 1.165) is 21.9 Å². The Balaban J connectivity index is 2.03. The highest BCUT2D eigenvalue weighted by molar-refractivity contribution is 6.00. The summed E-state index contributed by atoms with van der Waals surface area (Å²) in [5.74, 6) is -1.61. The van der Waals surface area contributed by atoms with Gasteiger partial charge in [0.05, 0.1) is 18.2 Å². The number of hydrogen-bond donors (Lipinski definition) is 2. The van der Waals surface area contributed by atoms with Crippen LogP contribution in [0.2, 0.25) is 0 Å². The highest BCUT2D eigenvalue weighted by Crippen LogP contribution is 2.32. The van der Waals surface area contributed by atoms with Gasteiger partial charge in [-0.25, -0.2) is 9.59 Å². The van der Waals surface area contributed by atoms with E-state index in [1.165, 1.54) is 0 Å². The van der Waals surface area contributed by atoms with Crippen LogP contribution in [0.3, 0.4) is 0 Å². The van der Waals surface area contributed by atoms with Gasteiger partial charge in [-0.3, -0.25) is 4.79 Å². The molecule has 3 rings (SSSR count). The molecule has 7 heteroatoms. The summed E-state index contributed by atoms with van der Waals surface area (Å²) in [6.45, 7) is 7.36. The number of benzene rings is 1. The third-order valence-corrected chi connectivity index (χ3v) is 5.08. The van der Waals surface area contributed by atoms with Crippen molar-refractivity contribution in [3.05, 3.63) is 45.0 Å². The lowest BCUT2D eigenvalue weighted by Crippen LogP contribution is -2.41. The number of amides is 1. The van der Waals surface area contributed by atoms with E-state index in [1.54, 1.807) is 13.2 Å². The number of carbonyl (C=O) groups is 2. The summed E-state index contributed by atoms with van der Waals surface area (Å²) >= 11 is 0. The summed E-state index contributed by atoms with van der Waals surface area (Å²) in [7, 11) is 0. The Morgan fingerprint density at radius 2 is 1.86 bits per heavy atom. The number of furan rings is 1. The second-order valence-electron chi connectivity index (χ2n) is 7.09. The molecule has 2 heterocycles. The van der Waals surface area contributed by atoms with E-state index in [2.05, 4.69) is 5.32 Å². The average Bonchev–Trinajstić information content (AvgIpc) is 3.01. The molecule has 2 aromatic heterocycles. The van der Waals surface area contributed by atoms with E-state index in [0.29, 0.717) is 29.6 Å². The Bertz CT molecular complexity index is 1140. The number of nitrogens with one attached hydrogen (secondary N) is 1. The number of carbonyl (C=O) groups excluding carboxylic acids is 1. The zero-order valence-electron chi connectivity index (χ0n) is 16.3. The molecule has 1 unspecified atom stereocenters. The largest absolute Gasteiger partial charge is 0.480 e. The van der Waals surface area contributed by atoms with E-state index in [-0.39, 0.29) is 12.0 Å². The van der Waals surface area contributed by atoms with E-state index < -0.39 is 23.5 Å². The lowest BCUT2D eigenvalue weighted by Gasteiger charge is -2.14. The minimum Gasteiger partial charge on any atom is -0.480 e. The number of carboxylic acid groups (broad SMARTS) is 1. The second kappa shape index (κ2) is 7.50.